The van der Waals surface area contributed by atoms with E-state index >= 15 is 0 Å². The fourth-order valence-corrected chi connectivity index (χ4v) is 4.00. The first kappa shape index (κ1) is 21.0. The lowest BCUT2D eigenvalue weighted by molar-refractivity contribution is -0.120. The molecule has 0 spiro atoms. The summed E-state index contributed by atoms with van der Waals surface area (Å²) < 4.78 is 0. The lowest BCUT2D eigenvalue weighted by atomic mass is 9.76. The number of phenols is 4. The smallest absolute Gasteiger partial charge is 0.156 e. The van der Waals surface area contributed by atoms with Crippen LogP contribution in [0.1, 0.15) is 34.1 Å². The molecule has 4 aromatic carbocycles. The Kier molecular flexibility index (Phi) is 5.81. The highest BCUT2D eigenvalue weighted by molar-refractivity contribution is 5.98. The first-order valence-electron chi connectivity index (χ1n) is 10.1. The average molecular weight is 426 g/mol. The minimum absolute atomic E-state index is 0.110. The second kappa shape index (κ2) is 8.86. The molecule has 5 heteroatoms. The number of benzene rings is 4. The van der Waals surface area contributed by atoms with Gasteiger partial charge in [0.15, 0.2) is 5.78 Å². The number of hydrogen-bond acceptors (Lipinski definition) is 5. The Balaban J connectivity index is 1.92. The first-order chi connectivity index (χ1) is 15.5. The molecule has 0 aromatic heterocycles. The van der Waals surface area contributed by atoms with Crippen LogP contribution in [0.4, 0.5) is 0 Å². The van der Waals surface area contributed by atoms with Crippen LogP contribution in [0.15, 0.2) is 97.1 Å². The van der Waals surface area contributed by atoms with Crippen LogP contribution in [-0.2, 0) is 4.79 Å². The van der Waals surface area contributed by atoms with Crippen molar-refractivity contribution in [1.82, 2.24) is 0 Å². The van der Waals surface area contributed by atoms with Crippen LogP contribution in [0.25, 0.3) is 0 Å². The molecule has 0 aliphatic rings. The van der Waals surface area contributed by atoms with Crippen LogP contribution >= 0.6 is 0 Å². The maximum atomic E-state index is 14.2. The lowest BCUT2D eigenvalue weighted by Crippen LogP contribution is -2.23. The van der Waals surface area contributed by atoms with Crippen LogP contribution in [0.5, 0.6) is 23.0 Å². The minimum Gasteiger partial charge on any atom is -0.508 e. The Morgan fingerprint density at radius 3 is 1.25 bits per heavy atom. The molecule has 0 saturated carbocycles. The maximum absolute atomic E-state index is 14.2. The molecule has 160 valence electrons. The summed E-state index contributed by atoms with van der Waals surface area (Å²) >= 11 is 0. The van der Waals surface area contributed by atoms with Crippen molar-refractivity contribution in [2.24, 2.45) is 0 Å². The molecule has 0 aliphatic heterocycles. The Labute approximate surface area is 185 Å². The van der Waals surface area contributed by atoms with E-state index in [0.717, 1.165) is 0 Å². The molecule has 32 heavy (non-hydrogen) atoms. The highest BCUT2D eigenvalue weighted by Gasteiger charge is 2.34. The van der Waals surface area contributed by atoms with Crippen LogP contribution < -0.4 is 0 Å². The first-order valence-corrected chi connectivity index (χ1v) is 10.1. The molecule has 0 fully saturated rings. The molecule has 0 aliphatic carbocycles. The molecular formula is C27H22O5. The molecule has 2 unspecified atom stereocenters. The average Bonchev–Trinajstić information content (AvgIpc) is 2.79. The Hall–Kier alpha value is -4.25. The van der Waals surface area contributed by atoms with Gasteiger partial charge in [0, 0.05) is 23.3 Å². The number of phenolic OH excluding ortho intramolecular Hbond substituents is 4. The summed E-state index contributed by atoms with van der Waals surface area (Å²) in [6.07, 6.45) is 0. The summed E-state index contributed by atoms with van der Waals surface area (Å²) in [6, 6.07) is 26.4. The van der Waals surface area contributed by atoms with E-state index in [9.17, 15) is 25.2 Å². The van der Waals surface area contributed by atoms with E-state index in [2.05, 4.69) is 0 Å². The fourth-order valence-electron chi connectivity index (χ4n) is 4.00. The van der Waals surface area contributed by atoms with Crippen molar-refractivity contribution < 1.29 is 25.2 Å². The van der Waals surface area contributed by atoms with Gasteiger partial charge in [0.25, 0.3) is 0 Å². The lowest BCUT2D eigenvalue weighted by Gasteiger charge is -2.25. The molecular weight excluding hydrogens is 404 g/mol. The van der Waals surface area contributed by atoms with Gasteiger partial charge in [-0.25, -0.2) is 0 Å². The zero-order chi connectivity index (χ0) is 22.7. The summed E-state index contributed by atoms with van der Waals surface area (Å²) in [5, 5.41) is 40.7. The second-order valence-corrected chi connectivity index (χ2v) is 7.58. The van der Waals surface area contributed by atoms with E-state index in [0.29, 0.717) is 22.3 Å². The topological polar surface area (TPSA) is 98.0 Å². The molecule has 0 amide bonds. The van der Waals surface area contributed by atoms with Crippen molar-refractivity contribution in [1.29, 1.82) is 0 Å². The number of rotatable bonds is 6. The third-order valence-electron chi connectivity index (χ3n) is 5.48. The van der Waals surface area contributed by atoms with E-state index in [-0.39, 0.29) is 28.8 Å². The number of ketones is 1. The molecule has 0 radical (unpaired) electrons. The van der Waals surface area contributed by atoms with Crippen molar-refractivity contribution in [2.75, 3.05) is 0 Å². The summed E-state index contributed by atoms with van der Waals surface area (Å²) in [5.74, 6) is -2.62. The zero-order valence-electron chi connectivity index (χ0n) is 17.1. The van der Waals surface area contributed by atoms with Gasteiger partial charge in [-0.3, -0.25) is 4.79 Å². The van der Waals surface area contributed by atoms with Gasteiger partial charge < -0.3 is 20.4 Å². The predicted molar refractivity (Wildman–Crippen MR) is 121 cm³/mol. The summed E-state index contributed by atoms with van der Waals surface area (Å²) in [5.41, 5.74) is 2.02. The third kappa shape index (κ3) is 4.14. The zero-order valence-corrected chi connectivity index (χ0v) is 17.1. The quantitative estimate of drug-likeness (QED) is 0.346. The van der Waals surface area contributed by atoms with Gasteiger partial charge in [-0.1, -0.05) is 72.8 Å². The van der Waals surface area contributed by atoms with Crippen molar-refractivity contribution in [3.8, 4) is 23.0 Å². The van der Waals surface area contributed by atoms with Gasteiger partial charge in [0.1, 0.15) is 23.0 Å². The molecule has 0 bridgehead atoms. The van der Waals surface area contributed by atoms with Crippen LogP contribution in [0.3, 0.4) is 0 Å². The number of Topliss-reactive ketones (excluding diaryl/α,β-unsaturated/α-hetero) is 1. The third-order valence-corrected chi connectivity index (χ3v) is 5.48. The molecule has 4 N–H and O–H groups in total. The van der Waals surface area contributed by atoms with Gasteiger partial charge in [-0.15, -0.1) is 0 Å². The SMILES string of the molecule is O=C(C(c1ccccc1)c1ccc(O)cc1O)C(c1ccccc1)c1ccc(O)cc1O. The number of hydrogen-bond donors (Lipinski definition) is 4. The monoisotopic (exact) mass is 426 g/mol. The number of carbonyl (C=O) groups excluding carboxylic acids is 1. The van der Waals surface area contributed by atoms with Gasteiger partial charge in [-0.2, -0.15) is 0 Å². The molecule has 4 aromatic rings. The molecule has 2 atom stereocenters. The van der Waals surface area contributed by atoms with Crippen molar-refractivity contribution in [2.45, 2.75) is 11.8 Å². The Morgan fingerprint density at radius 1 is 0.531 bits per heavy atom. The van der Waals surface area contributed by atoms with Crippen LogP contribution in [0, 0.1) is 0 Å². The fraction of sp³-hybridized carbons (Fsp3) is 0.0741. The molecule has 0 saturated heterocycles. The van der Waals surface area contributed by atoms with Crippen molar-refractivity contribution >= 4 is 5.78 Å². The summed E-state index contributed by atoms with van der Waals surface area (Å²) in [7, 11) is 0. The maximum Gasteiger partial charge on any atom is 0.156 e. The number of carbonyl (C=O) groups is 1. The van der Waals surface area contributed by atoms with Crippen molar-refractivity contribution in [3.63, 3.8) is 0 Å². The van der Waals surface area contributed by atoms with E-state index in [4.69, 9.17) is 0 Å². The minimum atomic E-state index is -0.866. The largest absolute Gasteiger partial charge is 0.508 e. The molecule has 4 rings (SSSR count). The molecule has 5 nitrogen and oxygen atoms in total. The predicted octanol–water partition coefficient (Wildman–Crippen LogP) is 5.04. The van der Waals surface area contributed by atoms with E-state index in [1.165, 1.54) is 36.4 Å². The second-order valence-electron chi connectivity index (χ2n) is 7.58. The van der Waals surface area contributed by atoms with Crippen LogP contribution in [0.2, 0.25) is 0 Å². The van der Waals surface area contributed by atoms with E-state index in [1.54, 1.807) is 24.3 Å². The van der Waals surface area contributed by atoms with E-state index < -0.39 is 11.8 Å². The summed E-state index contributed by atoms with van der Waals surface area (Å²) in [6.45, 7) is 0. The number of aromatic hydroxyl groups is 4. The normalized spacial score (nSPS) is 12.8. The highest BCUT2D eigenvalue weighted by Crippen LogP contribution is 2.42. The Bertz CT molecular complexity index is 1140. The van der Waals surface area contributed by atoms with Gasteiger partial charge >= 0.3 is 0 Å². The Morgan fingerprint density at radius 2 is 0.906 bits per heavy atom. The van der Waals surface area contributed by atoms with Gasteiger partial charge in [0.05, 0.1) is 11.8 Å². The highest BCUT2D eigenvalue weighted by atomic mass is 16.3. The standard InChI is InChI=1S/C27H22O5/c28-19-11-13-21(23(30)15-19)25(17-7-3-1-4-8-17)27(32)26(18-9-5-2-6-10-18)22-14-12-20(29)16-24(22)31/h1-16,25-26,28-31H. The molecule has 0 heterocycles. The van der Waals surface area contributed by atoms with Gasteiger partial charge in [0.2, 0.25) is 0 Å². The summed E-state index contributed by atoms with van der Waals surface area (Å²) in [4.78, 5) is 14.2. The van der Waals surface area contributed by atoms with E-state index in [1.807, 2.05) is 36.4 Å². The van der Waals surface area contributed by atoms with Gasteiger partial charge in [-0.05, 0) is 23.3 Å². The van der Waals surface area contributed by atoms with Crippen LogP contribution in [-0.4, -0.2) is 26.2 Å². The van der Waals surface area contributed by atoms with Crippen molar-refractivity contribution in [3.05, 3.63) is 119 Å².